The molecule has 0 radical (unpaired) electrons. The summed E-state index contributed by atoms with van der Waals surface area (Å²) in [6.07, 6.45) is 0. The van der Waals surface area contributed by atoms with Crippen LogP contribution in [0.1, 0.15) is 0 Å². The molecule has 0 heterocycles. The summed E-state index contributed by atoms with van der Waals surface area (Å²) in [5.41, 5.74) is 5.36. The number of rotatable bonds is 4. The maximum atomic E-state index is 11.8. The Kier molecular flexibility index (Phi) is 4.15. The van der Waals surface area contributed by atoms with E-state index in [9.17, 15) is 18.3 Å². The van der Waals surface area contributed by atoms with Crippen LogP contribution >= 0.6 is 0 Å². The van der Waals surface area contributed by atoms with E-state index in [0.717, 1.165) is 6.07 Å². The molecule has 1 amide bonds. The van der Waals surface area contributed by atoms with Crippen LogP contribution in [0, 0.1) is 0 Å². The molecule has 8 heteroatoms. The monoisotopic (exact) mass is 273 g/mol. The van der Waals surface area contributed by atoms with Gasteiger partial charge in [-0.2, -0.15) is 0 Å². The molecule has 7 nitrogen and oxygen atoms in total. The fraction of sp³-hybridized carbons (Fsp3) is 0.300. The Morgan fingerprint density at radius 3 is 2.56 bits per heavy atom. The molecule has 0 saturated heterocycles. The fourth-order valence-corrected chi connectivity index (χ4v) is 2.11. The molecule has 0 atom stereocenters. The zero-order valence-electron chi connectivity index (χ0n) is 10.0. The molecular formula is C10H15N3O4S. The molecule has 0 aliphatic rings. The molecule has 1 aromatic carbocycles. The van der Waals surface area contributed by atoms with Crippen LogP contribution in [0.2, 0.25) is 0 Å². The molecule has 18 heavy (non-hydrogen) atoms. The Morgan fingerprint density at radius 2 is 2.06 bits per heavy atom. The number of nitrogen functional groups attached to an aromatic ring is 1. The molecule has 0 aliphatic carbocycles. The van der Waals surface area contributed by atoms with Crippen LogP contribution in [-0.2, 0) is 14.8 Å². The predicted octanol–water partition coefficient (Wildman–Crippen LogP) is -0.659. The average molecular weight is 273 g/mol. The van der Waals surface area contributed by atoms with Crippen LogP contribution in [0.3, 0.4) is 0 Å². The Bertz CT molecular complexity index is 554. The third-order valence-corrected chi connectivity index (χ3v) is 3.62. The first-order chi connectivity index (χ1) is 8.24. The Morgan fingerprint density at radius 1 is 1.44 bits per heavy atom. The highest BCUT2D eigenvalue weighted by Crippen LogP contribution is 2.22. The van der Waals surface area contributed by atoms with Gasteiger partial charge in [-0.3, -0.25) is 4.79 Å². The number of hydrogen-bond donors (Lipinski definition) is 3. The molecule has 0 saturated carbocycles. The number of sulfonamides is 1. The number of anilines is 1. The average Bonchev–Trinajstić information content (AvgIpc) is 2.29. The molecule has 1 rings (SSSR count). The molecule has 100 valence electrons. The van der Waals surface area contributed by atoms with E-state index in [-0.39, 0.29) is 28.8 Å². The highest BCUT2D eigenvalue weighted by Gasteiger charge is 2.17. The second-order valence-corrected chi connectivity index (χ2v) is 5.60. The van der Waals surface area contributed by atoms with Crippen LogP contribution in [0.25, 0.3) is 0 Å². The summed E-state index contributed by atoms with van der Waals surface area (Å²) in [7, 11) is -0.771. The van der Waals surface area contributed by atoms with Crippen molar-refractivity contribution in [3.63, 3.8) is 0 Å². The van der Waals surface area contributed by atoms with Crippen molar-refractivity contribution in [1.29, 1.82) is 0 Å². The van der Waals surface area contributed by atoms with Gasteiger partial charge in [-0.25, -0.2) is 13.1 Å². The number of amides is 1. The van der Waals surface area contributed by atoms with Gasteiger partial charge in [-0.15, -0.1) is 0 Å². The summed E-state index contributed by atoms with van der Waals surface area (Å²) in [6, 6.07) is 3.50. The summed E-state index contributed by atoms with van der Waals surface area (Å²) in [5, 5.41) is 9.20. The van der Waals surface area contributed by atoms with Crippen LogP contribution in [0.5, 0.6) is 5.75 Å². The van der Waals surface area contributed by atoms with Crippen LogP contribution in [-0.4, -0.2) is 45.0 Å². The smallest absolute Gasteiger partial charge is 0.241 e. The number of aromatic hydroxyl groups is 1. The number of nitrogens with zero attached hydrogens (tertiary/aromatic N) is 1. The number of nitrogens with two attached hydrogens (primary N) is 1. The van der Waals surface area contributed by atoms with Gasteiger partial charge < -0.3 is 15.7 Å². The Balaban J connectivity index is 2.87. The van der Waals surface area contributed by atoms with Gasteiger partial charge in [0.2, 0.25) is 15.9 Å². The largest absolute Gasteiger partial charge is 0.506 e. The van der Waals surface area contributed by atoms with E-state index in [2.05, 4.69) is 4.72 Å². The van der Waals surface area contributed by atoms with Crippen molar-refractivity contribution in [2.45, 2.75) is 4.90 Å². The van der Waals surface area contributed by atoms with E-state index < -0.39 is 10.0 Å². The lowest BCUT2D eigenvalue weighted by molar-refractivity contribution is -0.127. The maximum Gasteiger partial charge on any atom is 0.241 e. The molecule has 0 fully saturated rings. The highest BCUT2D eigenvalue weighted by molar-refractivity contribution is 7.89. The molecule has 0 aliphatic heterocycles. The second-order valence-electron chi connectivity index (χ2n) is 3.83. The van der Waals surface area contributed by atoms with Crippen molar-refractivity contribution in [2.75, 3.05) is 26.4 Å². The van der Waals surface area contributed by atoms with E-state index in [4.69, 9.17) is 5.73 Å². The van der Waals surface area contributed by atoms with Gasteiger partial charge in [-0.1, -0.05) is 0 Å². The number of benzene rings is 1. The van der Waals surface area contributed by atoms with Crippen molar-refractivity contribution >= 4 is 21.6 Å². The van der Waals surface area contributed by atoms with Gasteiger partial charge in [0, 0.05) is 14.1 Å². The summed E-state index contributed by atoms with van der Waals surface area (Å²) in [4.78, 5) is 12.4. The first-order valence-corrected chi connectivity index (χ1v) is 6.50. The predicted molar refractivity (Wildman–Crippen MR) is 66.4 cm³/mol. The SMILES string of the molecule is CN(C)C(=O)CNS(=O)(=O)c1ccc(O)c(N)c1. The maximum absolute atomic E-state index is 11.8. The number of carbonyl (C=O) groups excluding carboxylic acids is 1. The topological polar surface area (TPSA) is 113 Å². The molecular weight excluding hydrogens is 258 g/mol. The molecule has 1 aromatic rings. The Hall–Kier alpha value is -1.80. The molecule has 0 unspecified atom stereocenters. The van der Waals surface area contributed by atoms with Gasteiger partial charge in [0.25, 0.3) is 0 Å². The lowest BCUT2D eigenvalue weighted by Crippen LogP contribution is -2.36. The number of likely N-dealkylation sites (N-methyl/N-ethyl adjacent to an activating group) is 1. The number of hydrogen-bond acceptors (Lipinski definition) is 5. The third-order valence-electron chi connectivity index (χ3n) is 2.22. The van der Waals surface area contributed by atoms with Crippen LogP contribution < -0.4 is 10.5 Å². The van der Waals surface area contributed by atoms with Gasteiger partial charge >= 0.3 is 0 Å². The minimum Gasteiger partial charge on any atom is -0.506 e. The lowest BCUT2D eigenvalue weighted by atomic mass is 10.3. The van der Waals surface area contributed by atoms with E-state index in [1.165, 1.54) is 31.1 Å². The van der Waals surface area contributed by atoms with Crippen molar-refractivity contribution in [3.05, 3.63) is 18.2 Å². The second kappa shape index (κ2) is 5.23. The zero-order valence-corrected chi connectivity index (χ0v) is 10.9. The van der Waals surface area contributed by atoms with Gasteiger partial charge in [0.1, 0.15) is 5.75 Å². The van der Waals surface area contributed by atoms with E-state index >= 15 is 0 Å². The van der Waals surface area contributed by atoms with E-state index in [0.29, 0.717) is 0 Å². The van der Waals surface area contributed by atoms with Crippen molar-refractivity contribution in [3.8, 4) is 5.75 Å². The number of phenolic OH excluding ortho intramolecular Hbond substituents is 1. The van der Waals surface area contributed by atoms with Gasteiger partial charge in [0.15, 0.2) is 0 Å². The summed E-state index contributed by atoms with van der Waals surface area (Å²) >= 11 is 0. The van der Waals surface area contributed by atoms with Crippen molar-refractivity contribution < 1.29 is 18.3 Å². The first-order valence-electron chi connectivity index (χ1n) is 5.02. The summed E-state index contributed by atoms with van der Waals surface area (Å²) in [5.74, 6) is -0.566. The highest BCUT2D eigenvalue weighted by atomic mass is 32.2. The summed E-state index contributed by atoms with van der Waals surface area (Å²) < 4.78 is 25.8. The van der Waals surface area contributed by atoms with E-state index in [1.54, 1.807) is 0 Å². The summed E-state index contributed by atoms with van der Waals surface area (Å²) in [6.45, 7) is -0.337. The Labute approximate surface area is 105 Å². The minimum absolute atomic E-state index is 0.0446. The molecule has 0 spiro atoms. The van der Waals surface area contributed by atoms with Crippen molar-refractivity contribution in [1.82, 2.24) is 9.62 Å². The molecule has 4 N–H and O–H groups in total. The lowest BCUT2D eigenvalue weighted by Gasteiger charge is -2.11. The molecule has 0 aromatic heterocycles. The van der Waals surface area contributed by atoms with Crippen LogP contribution in [0.4, 0.5) is 5.69 Å². The zero-order chi connectivity index (χ0) is 13.9. The number of phenols is 1. The normalized spacial score (nSPS) is 11.2. The van der Waals surface area contributed by atoms with Gasteiger partial charge in [-0.05, 0) is 18.2 Å². The number of carbonyl (C=O) groups is 1. The van der Waals surface area contributed by atoms with Crippen LogP contribution in [0.15, 0.2) is 23.1 Å². The van der Waals surface area contributed by atoms with E-state index in [1.807, 2.05) is 0 Å². The first kappa shape index (κ1) is 14.3. The standard InChI is InChI=1S/C10H15N3O4S/c1-13(2)10(15)6-12-18(16,17)7-3-4-9(14)8(11)5-7/h3-5,12,14H,6,11H2,1-2H3. The quantitative estimate of drug-likeness (QED) is 0.498. The third kappa shape index (κ3) is 3.34. The van der Waals surface area contributed by atoms with Gasteiger partial charge in [0.05, 0.1) is 17.1 Å². The number of nitrogens with one attached hydrogen (secondary N) is 1. The van der Waals surface area contributed by atoms with Crippen molar-refractivity contribution in [2.24, 2.45) is 0 Å². The molecule has 0 bridgehead atoms. The minimum atomic E-state index is -3.82. The fourth-order valence-electron chi connectivity index (χ4n) is 1.10.